The van der Waals surface area contributed by atoms with Crippen molar-refractivity contribution in [2.24, 2.45) is 15.7 Å². The first kappa shape index (κ1) is 26.3. The van der Waals surface area contributed by atoms with Gasteiger partial charge in [0.15, 0.2) is 18.4 Å². The first-order valence-corrected chi connectivity index (χ1v) is 13.3. The lowest BCUT2D eigenvalue weighted by molar-refractivity contribution is -0.168. The topological polar surface area (TPSA) is 280 Å². The molecular formula is C11H21N6O13P3. The van der Waals surface area contributed by atoms with Crippen molar-refractivity contribution >= 4 is 41.6 Å². The Balaban J connectivity index is 1.62. The van der Waals surface area contributed by atoms with Gasteiger partial charge in [-0.1, -0.05) is 0 Å². The lowest BCUT2D eigenvalue weighted by Gasteiger charge is -2.40. The Bertz CT molecular complexity index is 987. The number of amidine groups is 1. The summed E-state index contributed by atoms with van der Waals surface area (Å²) in [4.78, 5) is 50.3. The predicted molar refractivity (Wildman–Crippen MR) is 105 cm³/mol. The molecule has 0 saturated carbocycles. The third-order valence-corrected chi connectivity index (χ3v) is 8.23. The molecule has 0 bridgehead atoms. The molecule has 0 aromatic rings. The maximum Gasteiger partial charge on any atom is 0.490 e. The zero-order chi connectivity index (χ0) is 24.8. The van der Waals surface area contributed by atoms with Gasteiger partial charge in [0.2, 0.25) is 5.96 Å². The number of hydrogen-bond donors (Lipinski definition) is 7. The molecule has 0 radical (unpaired) electrons. The van der Waals surface area contributed by atoms with E-state index in [2.05, 4.69) is 23.1 Å². The molecule has 0 aromatic heterocycles. The normalized spacial score (nSPS) is 33.6. The number of phosphoric ester groups is 1. The zero-order valence-electron chi connectivity index (χ0n) is 16.6. The minimum Gasteiger partial charge on any atom is -0.388 e. The summed E-state index contributed by atoms with van der Waals surface area (Å²) in [6.07, 6.45) is -2.95. The minimum atomic E-state index is -5.66. The van der Waals surface area contributed by atoms with Crippen LogP contribution in [-0.2, 0) is 36.4 Å². The van der Waals surface area contributed by atoms with E-state index in [1.54, 1.807) is 0 Å². The van der Waals surface area contributed by atoms with Crippen LogP contribution in [0.4, 0.5) is 0 Å². The fourth-order valence-corrected chi connectivity index (χ4v) is 6.34. The molecule has 3 aliphatic heterocycles. The number of hydrogen-bond acceptors (Lipinski definition) is 13. The number of aliphatic hydroxyl groups is 1. The van der Waals surface area contributed by atoms with Gasteiger partial charge in [-0.3, -0.25) is 19.8 Å². The number of nitrogens with one attached hydrogen (secondary N) is 1. The number of ether oxygens (including phenoxy) is 1. The molecule has 19 nitrogen and oxygen atoms in total. The molecule has 0 aliphatic carbocycles. The Labute approximate surface area is 185 Å². The van der Waals surface area contributed by atoms with Crippen molar-refractivity contribution in [2.45, 2.75) is 37.1 Å². The number of guanidine groups is 1. The van der Waals surface area contributed by atoms with Gasteiger partial charge in [0.05, 0.1) is 26.2 Å². The van der Waals surface area contributed by atoms with Crippen LogP contribution < -0.4 is 5.73 Å². The van der Waals surface area contributed by atoms with Gasteiger partial charge in [-0.25, -0.2) is 13.7 Å². The first-order valence-electron chi connectivity index (χ1n) is 8.81. The molecule has 1 saturated heterocycles. The van der Waals surface area contributed by atoms with E-state index in [4.69, 9.17) is 35.4 Å². The van der Waals surface area contributed by atoms with Crippen LogP contribution in [0.5, 0.6) is 0 Å². The Morgan fingerprint density at radius 1 is 1.24 bits per heavy atom. The van der Waals surface area contributed by atoms with E-state index in [1.807, 2.05) is 0 Å². The highest BCUT2D eigenvalue weighted by molar-refractivity contribution is 7.66. The van der Waals surface area contributed by atoms with E-state index in [-0.39, 0.29) is 18.2 Å². The van der Waals surface area contributed by atoms with E-state index in [0.29, 0.717) is 0 Å². The van der Waals surface area contributed by atoms with E-state index in [0.717, 1.165) is 5.06 Å². The molecule has 3 rings (SSSR count). The van der Waals surface area contributed by atoms with Gasteiger partial charge >= 0.3 is 23.5 Å². The Morgan fingerprint density at radius 2 is 1.91 bits per heavy atom. The van der Waals surface area contributed by atoms with Crippen LogP contribution in [0.15, 0.2) is 9.98 Å². The van der Waals surface area contributed by atoms with Gasteiger partial charge in [-0.2, -0.15) is 18.7 Å². The smallest absolute Gasteiger partial charge is 0.388 e. The SMILES string of the molecule is CON1C(=N)N=C(N)C2N=CN([C@@H]3O[C@H](COP(=O)(O)OP(=O)(O)OP(=O)(O)O)C[C@H]3O)C21. The maximum atomic E-state index is 11.9. The third-order valence-electron chi connectivity index (χ3n) is 4.43. The highest BCUT2D eigenvalue weighted by Gasteiger charge is 2.50. The molecule has 33 heavy (non-hydrogen) atoms. The van der Waals surface area contributed by atoms with Gasteiger partial charge < -0.3 is 40.1 Å². The molecule has 0 aromatic carbocycles. The fourth-order valence-electron chi connectivity index (χ4n) is 3.30. The summed E-state index contributed by atoms with van der Waals surface area (Å²) in [6, 6.07) is -0.732. The molecule has 188 valence electrons. The third kappa shape index (κ3) is 6.23. The van der Waals surface area contributed by atoms with Crippen LogP contribution >= 0.6 is 23.5 Å². The van der Waals surface area contributed by atoms with Crippen molar-refractivity contribution in [3.63, 3.8) is 0 Å². The number of nitrogens with two attached hydrogens (primary N) is 1. The summed E-state index contributed by atoms with van der Waals surface area (Å²) >= 11 is 0. The lowest BCUT2D eigenvalue weighted by Crippen LogP contribution is -2.61. The molecule has 8 N–H and O–H groups in total. The Hall–Kier alpha value is -1.30. The molecule has 7 atom stereocenters. The molecule has 3 aliphatic rings. The molecular weight excluding hydrogens is 517 g/mol. The fraction of sp³-hybridized carbons (Fsp3) is 0.727. The highest BCUT2D eigenvalue weighted by Crippen LogP contribution is 2.66. The summed E-state index contributed by atoms with van der Waals surface area (Å²) in [5, 5.41) is 19.4. The van der Waals surface area contributed by atoms with Crippen LogP contribution in [0.2, 0.25) is 0 Å². The quantitative estimate of drug-likeness (QED) is 0.156. The molecule has 1 fully saturated rings. The van der Waals surface area contributed by atoms with Gasteiger partial charge in [0, 0.05) is 6.42 Å². The number of fused-ring (bicyclic) bond motifs is 1. The van der Waals surface area contributed by atoms with Gasteiger partial charge in [-0.05, 0) is 0 Å². The van der Waals surface area contributed by atoms with E-state index >= 15 is 0 Å². The standard InChI is InChI=1S/C11H21N6O13P3/c1-26-17-9-7(8(12)15-11(17)13)14-4-16(9)10-6(18)2-5(28-10)3-27-32(22,23)30-33(24,25)29-31(19,20)21/h4-7,9-10,18H,2-3H2,1H3,(H,22,23)(H,24,25)(H3,12,13,15)(H2,19,20,21)/t5-,6+,7?,9?,10+/m0/s1. The molecule has 0 amide bonds. The lowest BCUT2D eigenvalue weighted by atomic mass is 10.1. The zero-order valence-corrected chi connectivity index (χ0v) is 19.3. The highest BCUT2D eigenvalue weighted by atomic mass is 31.3. The largest absolute Gasteiger partial charge is 0.490 e. The van der Waals surface area contributed by atoms with Gasteiger partial charge in [0.1, 0.15) is 11.9 Å². The number of rotatable bonds is 9. The Kier molecular flexibility index (Phi) is 7.49. The molecule has 0 spiro atoms. The van der Waals surface area contributed by atoms with Crippen LogP contribution in [0, 0.1) is 5.41 Å². The number of aliphatic imine (C=N–C) groups is 2. The van der Waals surface area contributed by atoms with E-state index in [1.165, 1.54) is 18.3 Å². The van der Waals surface area contributed by atoms with Gasteiger partial charge in [-0.15, -0.1) is 0 Å². The predicted octanol–water partition coefficient (Wildman–Crippen LogP) is -1.99. The minimum absolute atomic E-state index is 0.0359. The second-order valence-corrected chi connectivity index (χ2v) is 11.2. The van der Waals surface area contributed by atoms with Crippen LogP contribution in [0.25, 0.3) is 0 Å². The first-order chi connectivity index (χ1) is 15.1. The van der Waals surface area contributed by atoms with Crippen molar-refractivity contribution in [3.8, 4) is 0 Å². The van der Waals surface area contributed by atoms with E-state index < -0.39 is 60.7 Å². The molecule has 4 unspecified atom stereocenters. The van der Waals surface area contributed by atoms with Crippen molar-refractivity contribution in [1.29, 1.82) is 5.41 Å². The second kappa shape index (κ2) is 9.39. The number of phosphoric acid groups is 3. The number of aliphatic hydroxyl groups excluding tert-OH is 1. The summed E-state index contributed by atoms with van der Waals surface area (Å²) in [7, 11) is -15.2. The van der Waals surface area contributed by atoms with Crippen molar-refractivity contribution in [1.82, 2.24) is 9.96 Å². The summed E-state index contributed by atoms with van der Waals surface area (Å²) in [5.74, 6) is -0.280. The number of hydroxylamine groups is 2. The van der Waals surface area contributed by atoms with Gasteiger partial charge in [0.25, 0.3) is 0 Å². The maximum absolute atomic E-state index is 11.9. The number of nitrogens with zero attached hydrogens (tertiary/aromatic N) is 4. The summed E-state index contributed by atoms with van der Waals surface area (Å²) < 4.78 is 51.3. The summed E-state index contributed by atoms with van der Waals surface area (Å²) in [5.41, 5.74) is 5.82. The van der Waals surface area contributed by atoms with Crippen LogP contribution in [-0.4, -0.2) is 97.1 Å². The van der Waals surface area contributed by atoms with Crippen LogP contribution in [0.3, 0.4) is 0 Å². The summed E-state index contributed by atoms with van der Waals surface area (Å²) in [6.45, 7) is -0.732. The van der Waals surface area contributed by atoms with Crippen LogP contribution in [0.1, 0.15) is 6.42 Å². The Morgan fingerprint density at radius 3 is 2.52 bits per heavy atom. The molecule has 3 heterocycles. The average molecular weight is 538 g/mol. The van der Waals surface area contributed by atoms with Crippen molar-refractivity contribution in [3.05, 3.63) is 0 Å². The monoisotopic (exact) mass is 538 g/mol. The second-order valence-electron chi connectivity index (χ2n) is 6.78. The van der Waals surface area contributed by atoms with E-state index in [9.17, 15) is 23.7 Å². The van der Waals surface area contributed by atoms with Crippen molar-refractivity contribution < 1.29 is 61.1 Å². The average Bonchev–Trinajstić information content (AvgIpc) is 3.21. The molecule has 22 heteroatoms. The van der Waals surface area contributed by atoms with Crippen molar-refractivity contribution in [2.75, 3.05) is 13.7 Å².